The average molecular weight is 315 g/mol. The minimum absolute atomic E-state index is 0.153. The molecule has 0 saturated heterocycles. The molecule has 5 nitrogen and oxygen atoms in total. The Balaban J connectivity index is 2.34. The average Bonchev–Trinajstić information content (AvgIpc) is 2.58. The molecule has 0 fully saturated rings. The summed E-state index contributed by atoms with van der Waals surface area (Å²) in [5, 5.41) is 11.8. The van der Waals surface area contributed by atoms with Gasteiger partial charge in [-0.05, 0) is 29.3 Å². The molecule has 0 bridgehead atoms. The number of methoxy groups -OCH3 is 4. The lowest BCUT2D eigenvalue weighted by Crippen LogP contribution is -1.95. The van der Waals surface area contributed by atoms with Gasteiger partial charge in [0.15, 0.2) is 11.5 Å². The van der Waals surface area contributed by atoms with Crippen LogP contribution in [0.25, 0.3) is 12.2 Å². The van der Waals surface area contributed by atoms with E-state index in [0.717, 1.165) is 11.1 Å². The summed E-state index contributed by atoms with van der Waals surface area (Å²) >= 11 is 0. The molecule has 2 rings (SSSR count). The lowest BCUT2D eigenvalue weighted by atomic mass is 10.1. The second-order valence-corrected chi connectivity index (χ2v) is 4.70. The monoisotopic (exact) mass is 315 g/mol. The summed E-state index contributed by atoms with van der Waals surface area (Å²) in [5.74, 6) is 1.87. The predicted molar refractivity (Wildman–Crippen MR) is 87.5 cm³/mol. The third-order valence-electron chi connectivity index (χ3n) is 3.34. The highest BCUT2D eigenvalue weighted by atomic mass is 16.5. The molecule has 0 aromatic heterocycles. The Morgan fingerprint density at radius 3 is 1.74 bits per heavy atom. The van der Waals surface area contributed by atoms with Crippen LogP contribution < -0.4 is 24.1 Å². The molecule has 0 heterocycles. The molecule has 0 N–H and O–H groups in total. The molecule has 2 aromatic carbocycles. The van der Waals surface area contributed by atoms with Crippen molar-refractivity contribution in [2.24, 2.45) is 0 Å². The largest absolute Gasteiger partial charge is 0.870 e. The van der Waals surface area contributed by atoms with Gasteiger partial charge in [-0.1, -0.05) is 30.0 Å². The minimum atomic E-state index is -0.153. The predicted octanol–water partition coefficient (Wildman–Crippen LogP) is 2.97. The van der Waals surface area contributed by atoms with E-state index < -0.39 is 0 Å². The van der Waals surface area contributed by atoms with Gasteiger partial charge in [0.1, 0.15) is 5.75 Å². The maximum Gasteiger partial charge on any atom is 0.203 e. The smallest absolute Gasteiger partial charge is 0.203 e. The van der Waals surface area contributed by atoms with Crippen molar-refractivity contribution in [2.75, 3.05) is 28.4 Å². The molecule has 0 saturated carbocycles. The molecule has 23 heavy (non-hydrogen) atoms. The van der Waals surface area contributed by atoms with Gasteiger partial charge in [0.25, 0.3) is 0 Å². The van der Waals surface area contributed by atoms with Crippen molar-refractivity contribution in [1.29, 1.82) is 0 Å². The zero-order chi connectivity index (χ0) is 16.8. The first-order valence-electron chi connectivity index (χ1n) is 6.96. The van der Waals surface area contributed by atoms with Crippen LogP contribution in [-0.2, 0) is 0 Å². The first-order valence-corrected chi connectivity index (χ1v) is 6.96. The Morgan fingerprint density at radius 1 is 0.696 bits per heavy atom. The van der Waals surface area contributed by atoms with Crippen molar-refractivity contribution < 1.29 is 24.1 Å². The lowest BCUT2D eigenvalue weighted by molar-refractivity contribution is -0.270. The van der Waals surface area contributed by atoms with Gasteiger partial charge in [0.05, 0.1) is 28.4 Å². The summed E-state index contributed by atoms with van der Waals surface area (Å²) in [6.07, 6.45) is 3.70. The summed E-state index contributed by atoms with van der Waals surface area (Å²) in [6.45, 7) is 0. The molecular formula is C18H19O5-. The van der Waals surface area contributed by atoms with Gasteiger partial charge < -0.3 is 24.1 Å². The van der Waals surface area contributed by atoms with Crippen LogP contribution >= 0.6 is 0 Å². The van der Waals surface area contributed by atoms with Crippen LogP contribution in [0.2, 0.25) is 0 Å². The van der Waals surface area contributed by atoms with E-state index in [0.29, 0.717) is 23.0 Å². The Kier molecular flexibility index (Phi) is 5.36. The van der Waals surface area contributed by atoms with Gasteiger partial charge in [-0.3, -0.25) is 0 Å². The SMILES string of the molecule is COc1ccc(/C=C\c2cc(OC)c(OC)c(OC)c2)cc1[O-]. The molecule has 0 unspecified atom stereocenters. The van der Waals surface area contributed by atoms with Gasteiger partial charge in [-0.25, -0.2) is 0 Å². The maximum atomic E-state index is 11.8. The van der Waals surface area contributed by atoms with Gasteiger partial charge >= 0.3 is 0 Å². The number of benzene rings is 2. The van der Waals surface area contributed by atoms with Crippen molar-refractivity contribution in [2.45, 2.75) is 0 Å². The van der Waals surface area contributed by atoms with Crippen LogP contribution in [0.15, 0.2) is 30.3 Å². The first-order chi connectivity index (χ1) is 11.1. The van der Waals surface area contributed by atoms with E-state index in [1.54, 1.807) is 27.4 Å². The summed E-state index contributed by atoms with van der Waals surface area (Å²) in [7, 11) is 6.17. The minimum Gasteiger partial charge on any atom is -0.870 e. The summed E-state index contributed by atoms with van der Waals surface area (Å²) < 4.78 is 20.9. The third kappa shape index (κ3) is 3.69. The van der Waals surface area contributed by atoms with Gasteiger partial charge in [-0.15, -0.1) is 0 Å². The Morgan fingerprint density at radius 2 is 1.26 bits per heavy atom. The van der Waals surface area contributed by atoms with Gasteiger partial charge in [-0.2, -0.15) is 0 Å². The second-order valence-electron chi connectivity index (χ2n) is 4.70. The molecule has 0 atom stereocenters. The van der Waals surface area contributed by atoms with E-state index in [2.05, 4.69) is 0 Å². The van der Waals surface area contributed by atoms with Crippen molar-refractivity contribution in [3.63, 3.8) is 0 Å². The zero-order valence-corrected chi connectivity index (χ0v) is 13.6. The molecule has 0 spiro atoms. The molecule has 122 valence electrons. The lowest BCUT2D eigenvalue weighted by Gasteiger charge is -2.13. The van der Waals surface area contributed by atoms with Crippen LogP contribution in [-0.4, -0.2) is 28.4 Å². The summed E-state index contributed by atoms with van der Waals surface area (Å²) in [6, 6.07) is 8.65. The molecule has 0 aliphatic heterocycles. The van der Waals surface area contributed by atoms with E-state index >= 15 is 0 Å². The van der Waals surface area contributed by atoms with Gasteiger partial charge in [0, 0.05) is 0 Å². The number of hydrogen-bond donors (Lipinski definition) is 0. The molecular weight excluding hydrogens is 296 g/mol. The maximum absolute atomic E-state index is 11.8. The van der Waals surface area contributed by atoms with E-state index in [4.69, 9.17) is 18.9 Å². The number of ether oxygens (including phenoxy) is 4. The van der Waals surface area contributed by atoms with Gasteiger partial charge in [0.2, 0.25) is 5.75 Å². The standard InChI is InChI=1S/C18H20O5/c1-20-15-8-7-12(9-14(15)19)5-6-13-10-16(21-2)18(23-4)17(11-13)22-3/h5-11,19H,1-4H3/p-1/b6-5-. The fraction of sp³-hybridized carbons (Fsp3) is 0.222. The van der Waals surface area contributed by atoms with Crippen molar-refractivity contribution >= 4 is 12.2 Å². The summed E-state index contributed by atoms with van der Waals surface area (Å²) in [5.41, 5.74) is 1.65. The zero-order valence-electron chi connectivity index (χ0n) is 13.6. The van der Waals surface area contributed by atoms with Crippen LogP contribution in [0, 0.1) is 0 Å². The van der Waals surface area contributed by atoms with Crippen LogP contribution in [0.1, 0.15) is 11.1 Å². The Labute approximate surface area is 135 Å². The molecule has 0 amide bonds. The molecule has 0 radical (unpaired) electrons. The quantitative estimate of drug-likeness (QED) is 0.767. The fourth-order valence-corrected chi connectivity index (χ4v) is 2.19. The number of rotatable bonds is 6. The first kappa shape index (κ1) is 16.5. The van der Waals surface area contributed by atoms with Crippen molar-refractivity contribution in [3.05, 3.63) is 41.5 Å². The molecule has 0 aliphatic carbocycles. The van der Waals surface area contributed by atoms with Crippen LogP contribution in [0.3, 0.4) is 0 Å². The van der Waals surface area contributed by atoms with E-state index in [-0.39, 0.29) is 5.75 Å². The Bertz CT molecular complexity index is 682. The second kappa shape index (κ2) is 7.45. The topological polar surface area (TPSA) is 60.0 Å². The third-order valence-corrected chi connectivity index (χ3v) is 3.34. The fourth-order valence-electron chi connectivity index (χ4n) is 2.19. The highest BCUT2D eigenvalue weighted by molar-refractivity contribution is 5.73. The Hall–Kier alpha value is -2.82. The van der Waals surface area contributed by atoms with Crippen LogP contribution in [0.4, 0.5) is 0 Å². The molecule has 5 heteroatoms. The van der Waals surface area contributed by atoms with E-state index in [1.807, 2.05) is 30.4 Å². The normalized spacial score (nSPS) is 10.6. The summed E-state index contributed by atoms with van der Waals surface area (Å²) in [4.78, 5) is 0. The highest BCUT2D eigenvalue weighted by Crippen LogP contribution is 2.38. The van der Waals surface area contributed by atoms with Crippen molar-refractivity contribution in [3.8, 4) is 28.7 Å². The van der Waals surface area contributed by atoms with E-state index in [1.165, 1.54) is 13.2 Å². The van der Waals surface area contributed by atoms with Crippen LogP contribution in [0.5, 0.6) is 28.7 Å². The highest BCUT2D eigenvalue weighted by Gasteiger charge is 2.11. The molecule has 0 aliphatic rings. The molecule has 2 aromatic rings. The number of hydrogen-bond acceptors (Lipinski definition) is 5. The van der Waals surface area contributed by atoms with Crippen molar-refractivity contribution in [1.82, 2.24) is 0 Å². The van der Waals surface area contributed by atoms with E-state index in [9.17, 15) is 5.11 Å².